The first-order valence-corrected chi connectivity index (χ1v) is 6.38. The highest BCUT2D eigenvalue weighted by atomic mass is 16.5. The highest BCUT2D eigenvalue weighted by Crippen LogP contribution is 2.17. The number of carbonyl (C=O) groups is 2. The van der Waals surface area contributed by atoms with E-state index in [0.29, 0.717) is 25.4 Å². The molecule has 110 valence electrons. The van der Waals surface area contributed by atoms with E-state index in [2.05, 4.69) is 5.10 Å². The molecule has 1 amide bonds. The minimum Gasteiger partial charge on any atom is -0.467 e. The molecule has 0 bridgehead atoms. The lowest BCUT2D eigenvalue weighted by molar-refractivity contribution is -0.151. The van der Waals surface area contributed by atoms with E-state index in [4.69, 9.17) is 15.2 Å². The summed E-state index contributed by atoms with van der Waals surface area (Å²) in [5.74, 6) is -0.889. The topological polar surface area (TPSA) is 99.7 Å². The Morgan fingerprint density at radius 2 is 2.35 bits per heavy atom. The maximum Gasteiger partial charge on any atom is 0.331 e. The number of esters is 1. The molecule has 0 aliphatic carbocycles. The van der Waals surface area contributed by atoms with Gasteiger partial charge >= 0.3 is 5.97 Å². The van der Waals surface area contributed by atoms with Crippen LogP contribution in [0.4, 0.5) is 5.69 Å². The number of hydrogen-bond acceptors (Lipinski definition) is 6. The quantitative estimate of drug-likeness (QED) is 0.750. The SMILES string of the molecule is CCn1cc(N)c(C(=O)N2CCOCC2C(=O)OC)n1. The molecule has 8 nitrogen and oxygen atoms in total. The normalized spacial score (nSPS) is 18.9. The summed E-state index contributed by atoms with van der Waals surface area (Å²) in [7, 11) is 1.28. The number of nitrogens with two attached hydrogens (primary N) is 1. The molecule has 20 heavy (non-hydrogen) atoms. The fourth-order valence-electron chi connectivity index (χ4n) is 2.08. The molecule has 2 rings (SSSR count). The van der Waals surface area contributed by atoms with Crippen LogP contribution >= 0.6 is 0 Å². The van der Waals surface area contributed by atoms with E-state index in [9.17, 15) is 9.59 Å². The summed E-state index contributed by atoms with van der Waals surface area (Å²) in [6.45, 7) is 3.30. The van der Waals surface area contributed by atoms with Crippen LogP contribution in [0.15, 0.2) is 6.20 Å². The van der Waals surface area contributed by atoms with Crippen LogP contribution in [0.5, 0.6) is 0 Å². The summed E-state index contributed by atoms with van der Waals surface area (Å²) < 4.78 is 11.5. The lowest BCUT2D eigenvalue weighted by atomic mass is 10.2. The van der Waals surface area contributed by atoms with E-state index in [1.165, 1.54) is 12.0 Å². The molecule has 1 fully saturated rings. The Labute approximate surface area is 116 Å². The first-order chi connectivity index (χ1) is 9.58. The van der Waals surface area contributed by atoms with Crippen molar-refractivity contribution in [3.8, 4) is 0 Å². The first kappa shape index (κ1) is 14.3. The maximum atomic E-state index is 12.5. The molecule has 2 N–H and O–H groups in total. The third-order valence-electron chi connectivity index (χ3n) is 3.18. The van der Waals surface area contributed by atoms with Crippen molar-refractivity contribution in [2.24, 2.45) is 0 Å². The van der Waals surface area contributed by atoms with Crippen molar-refractivity contribution >= 4 is 17.6 Å². The van der Waals surface area contributed by atoms with Gasteiger partial charge in [0.15, 0.2) is 11.7 Å². The van der Waals surface area contributed by atoms with Gasteiger partial charge in [-0.2, -0.15) is 5.10 Å². The Balaban J connectivity index is 2.25. The van der Waals surface area contributed by atoms with Crippen molar-refractivity contribution in [3.63, 3.8) is 0 Å². The summed E-state index contributed by atoms with van der Waals surface area (Å²) in [5.41, 5.74) is 6.25. The number of amides is 1. The Morgan fingerprint density at radius 1 is 1.60 bits per heavy atom. The second-order valence-corrected chi connectivity index (χ2v) is 4.40. The Morgan fingerprint density at radius 3 is 2.95 bits per heavy atom. The first-order valence-electron chi connectivity index (χ1n) is 6.38. The number of ether oxygens (including phenoxy) is 2. The van der Waals surface area contributed by atoms with Crippen LogP contribution in [0, 0.1) is 0 Å². The highest BCUT2D eigenvalue weighted by molar-refractivity contribution is 5.99. The maximum absolute atomic E-state index is 12.5. The molecule has 0 radical (unpaired) electrons. The Bertz CT molecular complexity index is 514. The Kier molecular flexibility index (Phi) is 4.23. The van der Waals surface area contributed by atoms with Crippen molar-refractivity contribution in [1.29, 1.82) is 0 Å². The second kappa shape index (κ2) is 5.91. The molecule has 0 saturated carbocycles. The third kappa shape index (κ3) is 2.60. The minimum atomic E-state index is -0.757. The van der Waals surface area contributed by atoms with Gasteiger partial charge in [0.05, 0.1) is 26.0 Å². The summed E-state index contributed by atoms with van der Waals surface area (Å²) in [6, 6.07) is -0.757. The zero-order valence-electron chi connectivity index (χ0n) is 11.5. The van der Waals surface area contributed by atoms with Crippen molar-refractivity contribution in [3.05, 3.63) is 11.9 Å². The number of anilines is 1. The molecule has 8 heteroatoms. The van der Waals surface area contributed by atoms with Crippen LogP contribution in [-0.2, 0) is 20.8 Å². The van der Waals surface area contributed by atoms with Crippen LogP contribution in [0.3, 0.4) is 0 Å². The van der Waals surface area contributed by atoms with E-state index < -0.39 is 12.0 Å². The molecule has 1 aliphatic rings. The van der Waals surface area contributed by atoms with Gasteiger partial charge in [0.25, 0.3) is 5.91 Å². The van der Waals surface area contributed by atoms with Crippen LogP contribution in [0.1, 0.15) is 17.4 Å². The van der Waals surface area contributed by atoms with Crippen LogP contribution < -0.4 is 5.73 Å². The van der Waals surface area contributed by atoms with Crippen molar-refractivity contribution in [2.75, 3.05) is 32.6 Å². The number of rotatable bonds is 3. The van der Waals surface area contributed by atoms with E-state index in [1.54, 1.807) is 10.9 Å². The predicted molar refractivity (Wildman–Crippen MR) is 70.0 cm³/mol. The van der Waals surface area contributed by atoms with Gasteiger partial charge in [-0.1, -0.05) is 0 Å². The van der Waals surface area contributed by atoms with E-state index in [-0.39, 0.29) is 18.2 Å². The average molecular weight is 282 g/mol. The molecule has 0 spiro atoms. The highest BCUT2D eigenvalue weighted by Gasteiger charge is 2.35. The van der Waals surface area contributed by atoms with Crippen LogP contribution in [0.25, 0.3) is 0 Å². The van der Waals surface area contributed by atoms with Gasteiger partial charge in [-0.25, -0.2) is 4.79 Å². The number of aryl methyl sites for hydroxylation is 1. The number of carbonyl (C=O) groups excluding carboxylic acids is 2. The molecule has 1 saturated heterocycles. The summed E-state index contributed by atoms with van der Waals surface area (Å²) in [6.07, 6.45) is 1.60. The molecular weight excluding hydrogens is 264 g/mol. The number of nitrogens with zero attached hydrogens (tertiary/aromatic N) is 3. The number of hydrogen-bond donors (Lipinski definition) is 1. The van der Waals surface area contributed by atoms with Crippen LogP contribution in [-0.4, -0.2) is 59.5 Å². The van der Waals surface area contributed by atoms with Crippen molar-refractivity contribution in [1.82, 2.24) is 14.7 Å². The van der Waals surface area contributed by atoms with Gasteiger partial charge in [0.1, 0.15) is 0 Å². The fourth-order valence-corrected chi connectivity index (χ4v) is 2.08. The van der Waals surface area contributed by atoms with Gasteiger partial charge < -0.3 is 20.1 Å². The predicted octanol–water partition coefficient (Wildman–Crippen LogP) is -0.501. The standard InChI is InChI=1S/C12H18N4O4/c1-3-15-6-8(13)10(14-15)11(17)16-4-5-20-7-9(16)12(18)19-2/h6,9H,3-5,7,13H2,1-2H3. The fraction of sp³-hybridized carbons (Fsp3) is 0.583. The second-order valence-electron chi connectivity index (χ2n) is 4.40. The molecule has 1 unspecified atom stereocenters. The summed E-state index contributed by atoms with van der Waals surface area (Å²) >= 11 is 0. The number of morpholine rings is 1. The molecule has 2 heterocycles. The molecule has 1 atom stereocenters. The smallest absolute Gasteiger partial charge is 0.331 e. The lowest BCUT2D eigenvalue weighted by Crippen LogP contribution is -2.53. The van der Waals surface area contributed by atoms with Gasteiger partial charge in [0, 0.05) is 19.3 Å². The van der Waals surface area contributed by atoms with Gasteiger partial charge in [-0.15, -0.1) is 0 Å². The van der Waals surface area contributed by atoms with Gasteiger partial charge in [0.2, 0.25) is 0 Å². The molecule has 1 aliphatic heterocycles. The van der Waals surface area contributed by atoms with Crippen LogP contribution in [0.2, 0.25) is 0 Å². The van der Waals surface area contributed by atoms with Gasteiger partial charge in [-0.05, 0) is 6.92 Å². The number of methoxy groups -OCH3 is 1. The third-order valence-corrected chi connectivity index (χ3v) is 3.18. The summed E-state index contributed by atoms with van der Waals surface area (Å²) in [5, 5.41) is 4.13. The molecule has 1 aromatic heterocycles. The number of aromatic nitrogens is 2. The average Bonchev–Trinajstić information content (AvgIpc) is 2.86. The summed E-state index contributed by atoms with van der Waals surface area (Å²) in [4.78, 5) is 25.6. The zero-order valence-corrected chi connectivity index (χ0v) is 11.5. The zero-order chi connectivity index (χ0) is 14.7. The number of nitrogen functional groups attached to an aromatic ring is 1. The molecule has 0 aromatic carbocycles. The molecular formula is C12H18N4O4. The molecule has 1 aromatic rings. The van der Waals surface area contributed by atoms with Crippen molar-refractivity contribution < 1.29 is 19.1 Å². The Hall–Kier alpha value is -2.09. The van der Waals surface area contributed by atoms with E-state index in [1.807, 2.05) is 6.92 Å². The van der Waals surface area contributed by atoms with Gasteiger partial charge in [-0.3, -0.25) is 9.48 Å². The minimum absolute atomic E-state index is 0.118. The van der Waals surface area contributed by atoms with E-state index >= 15 is 0 Å². The monoisotopic (exact) mass is 282 g/mol. The van der Waals surface area contributed by atoms with Crippen molar-refractivity contribution in [2.45, 2.75) is 19.5 Å². The lowest BCUT2D eigenvalue weighted by Gasteiger charge is -2.33. The largest absolute Gasteiger partial charge is 0.467 e. The van der Waals surface area contributed by atoms with E-state index in [0.717, 1.165) is 0 Å².